The van der Waals surface area contributed by atoms with Crippen molar-refractivity contribution in [2.75, 3.05) is 13.1 Å². The van der Waals surface area contributed by atoms with Crippen molar-refractivity contribution >= 4 is 0 Å². The number of nitrogens with zero attached hydrogens (tertiary/aromatic N) is 1. The van der Waals surface area contributed by atoms with Gasteiger partial charge in [-0.2, -0.15) is 0 Å². The maximum atomic E-state index is 5.65. The van der Waals surface area contributed by atoms with Crippen LogP contribution < -0.4 is 5.84 Å². The third-order valence-electron chi connectivity index (χ3n) is 1.90. The summed E-state index contributed by atoms with van der Waals surface area (Å²) in [5, 5.41) is 1.93. The van der Waals surface area contributed by atoms with E-state index in [1.54, 1.807) is 0 Å². The van der Waals surface area contributed by atoms with Crippen LogP contribution >= 0.6 is 0 Å². The summed E-state index contributed by atoms with van der Waals surface area (Å²) in [5.74, 6) is 7.23. The molecule has 0 radical (unpaired) electrons. The van der Waals surface area contributed by atoms with Crippen LogP contribution in [0.15, 0.2) is 0 Å². The Hall–Kier alpha value is -0.0800. The third-order valence-corrected chi connectivity index (χ3v) is 1.90. The fraction of sp³-hybridized carbons (Fsp3) is 1.00. The van der Waals surface area contributed by atoms with Crippen molar-refractivity contribution in [1.29, 1.82) is 0 Å². The number of hydrogen-bond donors (Lipinski definition) is 1. The lowest BCUT2D eigenvalue weighted by Crippen LogP contribution is -2.43. The second-order valence-corrected chi connectivity index (χ2v) is 3.40. The summed E-state index contributed by atoms with van der Waals surface area (Å²) in [6.45, 7) is 6.67. The Morgan fingerprint density at radius 1 is 1.22 bits per heavy atom. The average Bonchev–Trinajstić information content (AvgIpc) is 1.59. The van der Waals surface area contributed by atoms with Crippen molar-refractivity contribution in [2.45, 2.75) is 20.3 Å². The van der Waals surface area contributed by atoms with E-state index in [4.69, 9.17) is 5.84 Å². The molecule has 1 rings (SSSR count). The standard InChI is InChI=1S/C7H16N2/c1-6-3-7(2)5-9(8)4-6/h6-7H,3-5,8H2,1-2H3/t6-,7?/m0/s1. The van der Waals surface area contributed by atoms with Gasteiger partial charge in [-0.25, -0.2) is 5.01 Å². The molecule has 1 saturated heterocycles. The Balaban J connectivity index is 2.34. The monoisotopic (exact) mass is 128 g/mol. The van der Waals surface area contributed by atoms with Crippen LogP contribution in [0.5, 0.6) is 0 Å². The smallest absolute Gasteiger partial charge is 0.0154 e. The first-order valence-electron chi connectivity index (χ1n) is 3.68. The molecule has 2 N–H and O–H groups in total. The molecule has 2 heteroatoms. The van der Waals surface area contributed by atoms with E-state index >= 15 is 0 Å². The van der Waals surface area contributed by atoms with Crippen LogP contribution in [0.4, 0.5) is 0 Å². The normalized spacial score (nSPS) is 39.0. The van der Waals surface area contributed by atoms with Gasteiger partial charge in [-0.3, -0.25) is 5.84 Å². The molecule has 1 aliphatic rings. The van der Waals surface area contributed by atoms with Crippen LogP contribution in [0.2, 0.25) is 0 Å². The summed E-state index contributed by atoms with van der Waals surface area (Å²) >= 11 is 0. The van der Waals surface area contributed by atoms with Gasteiger partial charge < -0.3 is 0 Å². The summed E-state index contributed by atoms with van der Waals surface area (Å²) in [6, 6.07) is 0. The van der Waals surface area contributed by atoms with E-state index in [9.17, 15) is 0 Å². The Morgan fingerprint density at radius 2 is 1.67 bits per heavy atom. The van der Waals surface area contributed by atoms with Gasteiger partial charge in [0.15, 0.2) is 0 Å². The van der Waals surface area contributed by atoms with E-state index in [0.717, 1.165) is 24.9 Å². The maximum absolute atomic E-state index is 5.65. The minimum Gasteiger partial charge on any atom is -0.269 e. The van der Waals surface area contributed by atoms with Gasteiger partial charge >= 0.3 is 0 Å². The first kappa shape index (κ1) is 7.03. The van der Waals surface area contributed by atoms with Gasteiger partial charge in [0, 0.05) is 13.1 Å². The minimum absolute atomic E-state index is 0.791. The molecule has 2 atom stereocenters. The van der Waals surface area contributed by atoms with Gasteiger partial charge in [0.25, 0.3) is 0 Å². The maximum Gasteiger partial charge on any atom is 0.0154 e. The Bertz CT molecular complexity index is 67.9. The zero-order valence-electron chi connectivity index (χ0n) is 6.30. The fourth-order valence-electron chi connectivity index (χ4n) is 1.71. The van der Waals surface area contributed by atoms with E-state index < -0.39 is 0 Å². The van der Waals surface area contributed by atoms with Crippen molar-refractivity contribution in [1.82, 2.24) is 5.01 Å². The van der Waals surface area contributed by atoms with E-state index in [-0.39, 0.29) is 0 Å². The first-order valence-corrected chi connectivity index (χ1v) is 3.68. The topological polar surface area (TPSA) is 29.3 Å². The predicted octanol–water partition coefficient (Wildman–Crippen LogP) is 0.838. The molecule has 9 heavy (non-hydrogen) atoms. The van der Waals surface area contributed by atoms with Gasteiger partial charge in [-0.05, 0) is 18.3 Å². The van der Waals surface area contributed by atoms with Crippen molar-refractivity contribution in [3.63, 3.8) is 0 Å². The molecule has 1 unspecified atom stereocenters. The zero-order chi connectivity index (χ0) is 6.85. The SMILES string of the molecule is CC1C[C@H](C)CN(N)C1. The van der Waals surface area contributed by atoms with Crippen molar-refractivity contribution in [3.8, 4) is 0 Å². The molecular weight excluding hydrogens is 112 g/mol. The summed E-state index contributed by atoms with van der Waals surface area (Å²) in [7, 11) is 0. The van der Waals surface area contributed by atoms with E-state index in [0.29, 0.717) is 0 Å². The number of rotatable bonds is 0. The highest BCUT2D eigenvalue weighted by molar-refractivity contribution is 4.70. The lowest BCUT2D eigenvalue weighted by atomic mass is 9.93. The Morgan fingerprint density at radius 3 is 2.00 bits per heavy atom. The zero-order valence-corrected chi connectivity index (χ0v) is 6.30. The molecule has 0 amide bonds. The molecular formula is C7H16N2. The van der Waals surface area contributed by atoms with E-state index in [1.165, 1.54) is 6.42 Å². The largest absolute Gasteiger partial charge is 0.269 e. The van der Waals surface area contributed by atoms with Crippen LogP contribution in [-0.4, -0.2) is 18.1 Å². The number of hydrazine groups is 1. The van der Waals surface area contributed by atoms with Gasteiger partial charge in [0.2, 0.25) is 0 Å². The third kappa shape index (κ3) is 1.95. The number of hydrogen-bond acceptors (Lipinski definition) is 2. The van der Waals surface area contributed by atoms with Gasteiger partial charge in [0.1, 0.15) is 0 Å². The first-order chi connectivity index (χ1) is 4.18. The quantitative estimate of drug-likeness (QED) is 0.490. The number of nitrogens with two attached hydrogens (primary N) is 1. The summed E-state index contributed by atoms with van der Waals surface area (Å²) in [5.41, 5.74) is 0. The summed E-state index contributed by atoms with van der Waals surface area (Å²) in [6.07, 6.45) is 1.34. The summed E-state index contributed by atoms with van der Waals surface area (Å²) < 4.78 is 0. The lowest BCUT2D eigenvalue weighted by Gasteiger charge is -2.31. The molecule has 1 heterocycles. The second kappa shape index (κ2) is 2.67. The van der Waals surface area contributed by atoms with E-state index in [1.807, 2.05) is 5.01 Å². The molecule has 0 aromatic carbocycles. The molecule has 0 spiro atoms. The molecule has 1 fully saturated rings. The van der Waals surface area contributed by atoms with Crippen LogP contribution in [0.25, 0.3) is 0 Å². The van der Waals surface area contributed by atoms with Crippen molar-refractivity contribution in [3.05, 3.63) is 0 Å². The van der Waals surface area contributed by atoms with Crippen LogP contribution in [0, 0.1) is 11.8 Å². The van der Waals surface area contributed by atoms with Gasteiger partial charge in [0.05, 0.1) is 0 Å². The molecule has 0 aromatic rings. The number of piperidine rings is 1. The fourth-order valence-corrected chi connectivity index (χ4v) is 1.71. The molecule has 2 nitrogen and oxygen atoms in total. The van der Waals surface area contributed by atoms with Gasteiger partial charge in [-0.15, -0.1) is 0 Å². The van der Waals surface area contributed by atoms with Gasteiger partial charge in [-0.1, -0.05) is 13.8 Å². The predicted molar refractivity (Wildman–Crippen MR) is 38.7 cm³/mol. The molecule has 0 bridgehead atoms. The summed E-state index contributed by atoms with van der Waals surface area (Å²) in [4.78, 5) is 0. The van der Waals surface area contributed by atoms with Crippen LogP contribution in [0.1, 0.15) is 20.3 Å². The van der Waals surface area contributed by atoms with Crippen LogP contribution in [0.3, 0.4) is 0 Å². The van der Waals surface area contributed by atoms with Crippen molar-refractivity contribution < 1.29 is 0 Å². The van der Waals surface area contributed by atoms with E-state index in [2.05, 4.69) is 13.8 Å². The Labute approximate surface area is 57.0 Å². The lowest BCUT2D eigenvalue weighted by molar-refractivity contribution is 0.143. The highest BCUT2D eigenvalue weighted by atomic mass is 15.4. The van der Waals surface area contributed by atoms with Crippen molar-refractivity contribution in [2.24, 2.45) is 17.7 Å². The minimum atomic E-state index is 0.791. The Kier molecular flexibility index (Phi) is 2.09. The highest BCUT2D eigenvalue weighted by Gasteiger charge is 2.18. The molecule has 0 aliphatic carbocycles. The molecule has 1 aliphatic heterocycles. The average molecular weight is 128 g/mol. The molecule has 0 saturated carbocycles. The second-order valence-electron chi connectivity index (χ2n) is 3.40. The molecule has 0 aromatic heterocycles. The van der Waals surface area contributed by atoms with Crippen LogP contribution in [-0.2, 0) is 0 Å². The molecule has 54 valence electrons. The highest BCUT2D eigenvalue weighted by Crippen LogP contribution is 2.17.